The molecule has 7 heteroatoms. The third-order valence-corrected chi connectivity index (χ3v) is 5.86. The number of rotatable bonds is 6. The van der Waals surface area contributed by atoms with E-state index in [9.17, 15) is 10.1 Å². The van der Waals surface area contributed by atoms with E-state index in [0.717, 1.165) is 22.6 Å². The van der Waals surface area contributed by atoms with Gasteiger partial charge in [0.25, 0.3) is 5.56 Å². The summed E-state index contributed by atoms with van der Waals surface area (Å²) in [5.74, 6) is 1.02. The van der Waals surface area contributed by atoms with Crippen LogP contribution in [0.15, 0.2) is 83.8 Å². The summed E-state index contributed by atoms with van der Waals surface area (Å²) < 4.78 is 7.68. The smallest absolute Gasteiger partial charge is 0.259 e. The zero-order valence-corrected chi connectivity index (χ0v) is 20.8. The number of nitrogens with one attached hydrogen (secondary N) is 1. The van der Waals surface area contributed by atoms with Crippen molar-refractivity contribution in [1.29, 1.82) is 5.26 Å². The molecule has 2 heterocycles. The molecule has 3 aromatic carbocycles. The molecule has 0 bridgehead atoms. The van der Waals surface area contributed by atoms with Gasteiger partial charge < -0.3 is 9.72 Å². The molecule has 0 aliphatic rings. The van der Waals surface area contributed by atoms with Crippen LogP contribution in [0, 0.1) is 18.3 Å². The van der Waals surface area contributed by atoms with Crippen molar-refractivity contribution < 1.29 is 4.74 Å². The molecule has 182 valence electrons. The Morgan fingerprint density at radius 1 is 1.08 bits per heavy atom. The molecule has 0 unspecified atom stereocenters. The molecule has 2 aromatic heterocycles. The van der Waals surface area contributed by atoms with Crippen LogP contribution in [0.2, 0.25) is 0 Å². The van der Waals surface area contributed by atoms with E-state index in [0.29, 0.717) is 22.2 Å². The number of ether oxygens (including phenoxy) is 1. The molecule has 5 aromatic rings. The maximum Gasteiger partial charge on any atom is 0.259 e. The summed E-state index contributed by atoms with van der Waals surface area (Å²) >= 11 is 0. The fourth-order valence-corrected chi connectivity index (χ4v) is 4.14. The average molecular weight is 488 g/mol. The van der Waals surface area contributed by atoms with Gasteiger partial charge in [0.2, 0.25) is 0 Å². The third kappa shape index (κ3) is 4.91. The van der Waals surface area contributed by atoms with Crippen molar-refractivity contribution in [3.8, 4) is 28.8 Å². The lowest BCUT2D eigenvalue weighted by Gasteiger charge is -2.13. The lowest BCUT2D eigenvalue weighted by Crippen LogP contribution is -2.11. The van der Waals surface area contributed by atoms with Gasteiger partial charge in [0.1, 0.15) is 17.5 Å². The van der Waals surface area contributed by atoms with Gasteiger partial charge in [-0.3, -0.25) is 4.79 Å². The number of benzene rings is 3. The Kier molecular flexibility index (Phi) is 6.40. The summed E-state index contributed by atoms with van der Waals surface area (Å²) in [6.07, 6.45) is 3.65. The lowest BCUT2D eigenvalue weighted by atomic mass is 10.0. The molecule has 1 N–H and O–H groups in total. The van der Waals surface area contributed by atoms with Gasteiger partial charge in [0.05, 0.1) is 28.3 Å². The molecule has 0 amide bonds. The van der Waals surface area contributed by atoms with E-state index in [1.54, 1.807) is 29.0 Å². The van der Waals surface area contributed by atoms with E-state index < -0.39 is 0 Å². The topological polar surface area (TPSA) is 96.6 Å². The van der Waals surface area contributed by atoms with Gasteiger partial charge in [-0.05, 0) is 74.9 Å². The van der Waals surface area contributed by atoms with Gasteiger partial charge >= 0.3 is 0 Å². The fraction of sp³-hybridized carbons (Fsp3) is 0.133. The molecular formula is C30H25N5O2. The van der Waals surface area contributed by atoms with Crippen molar-refractivity contribution in [2.24, 2.45) is 0 Å². The van der Waals surface area contributed by atoms with Crippen molar-refractivity contribution in [3.63, 3.8) is 0 Å². The van der Waals surface area contributed by atoms with Crippen LogP contribution in [0.1, 0.15) is 30.8 Å². The number of fused-ring (bicyclic) bond motifs is 1. The maximum absolute atomic E-state index is 12.6. The van der Waals surface area contributed by atoms with Crippen molar-refractivity contribution in [1.82, 2.24) is 19.7 Å². The van der Waals surface area contributed by atoms with Crippen LogP contribution in [0.25, 0.3) is 39.5 Å². The van der Waals surface area contributed by atoms with Gasteiger partial charge in [-0.25, -0.2) is 9.67 Å². The summed E-state index contributed by atoms with van der Waals surface area (Å²) in [5, 5.41) is 15.4. The number of allylic oxidation sites excluding steroid dienone is 1. The molecule has 0 saturated heterocycles. The number of hydrogen-bond donors (Lipinski definition) is 1. The number of H-pyrrole nitrogens is 1. The molecule has 37 heavy (non-hydrogen) atoms. The Morgan fingerprint density at radius 2 is 1.84 bits per heavy atom. The summed E-state index contributed by atoms with van der Waals surface area (Å²) in [4.78, 5) is 19.9. The van der Waals surface area contributed by atoms with Crippen LogP contribution >= 0.6 is 0 Å². The number of aromatic nitrogens is 4. The van der Waals surface area contributed by atoms with E-state index in [1.165, 1.54) is 0 Å². The van der Waals surface area contributed by atoms with Gasteiger partial charge in [-0.15, -0.1) is 0 Å². The van der Waals surface area contributed by atoms with Crippen molar-refractivity contribution in [2.75, 3.05) is 0 Å². The minimum Gasteiger partial charge on any atom is -0.491 e. The zero-order chi connectivity index (χ0) is 25.9. The summed E-state index contributed by atoms with van der Waals surface area (Å²) in [7, 11) is 0. The summed E-state index contributed by atoms with van der Waals surface area (Å²) in [5.41, 5.74) is 4.62. The van der Waals surface area contributed by atoms with Gasteiger partial charge in [-0.2, -0.15) is 10.4 Å². The first kappa shape index (κ1) is 23.8. The number of nitriles is 1. The van der Waals surface area contributed by atoms with E-state index in [4.69, 9.17) is 9.84 Å². The monoisotopic (exact) mass is 487 g/mol. The van der Waals surface area contributed by atoms with E-state index >= 15 is 0 Å². The lowest BCUT2D eigenvalue weighted by molar-refractivity contribution is 0.241. The molecule has 0 aliphatic heterocycles. The molecular weight excluding hydrogens is 462 g/mol. The van der Waals surface area contributed by atoms with Crippen LogP contribution in [-0.2, 0) is 0 Å². The predicted octanol–water partition coefficient (Wildman–Crippen LogP) is 5.94. The summed E-state index contributed by atoms with van der Waals surface area (Å²) in [6, 6.07) is 24.9. The van der Waals surface area contributed by atoms with Crippen LogP contribution < -0.4 is 10.3 Å². The van der Waals surface area contributed by atoms with Gasteiger partial charge in [-0.1, -0.05) is 30.3 Å². The normalized spacial score (nSPS) is 11.6. The highest BCUT2D eigenvalue weighted by molar-refractivity contribution is 5.91. The molecule has 5 rings (SSSR count). The molecule has 0 fully saturated rings. The molecule has 0 radical (unpaired) electrons. The Labute approximate surface area is 214 Å². The molecule has 0 spiro atoms. The van der Waals surface area contributed by atoms with Crippen molar-refractivity contribution >= 4 is 22.6 Å². The Morgan fingerprint density at radius 3 is 2.57 bits per heavy atom. The first-order chi connectivity index (χ1) is 17.9. The first-order valence-corrected chi connectivity index (χ1v) is 12.0. The van der Waals surface area contributed by atoms with Gasteiger partial charge in [0.15, 0.2) is 5.82 Å². The number of aromatic amines is 1. The van der Waals surface area contributed by atoms with Gasteiger partial charge in [0, 0.05) is 17.3 Å². The van der Waals surface area contributed by atoms with E-state index in [2.05, 4.69) is 16.0 Å². The number of nitrogens with zero attached hydrogens (tertiary/aromatic N) is 4. The summed E-state index contributed by atoms with van der Waals surface area (Å²) in [6.45, 7) is 5.98. The van der Waals surface area contributed by atoms with E-state index in [-0.39, 0.29) is 23.1 Å². The maximum atomic E-state index is 12.6. The van der Waals surface area contributed by atoms with Crippen molar-refractivity contribution in [2.45, 2.75) is 26.9 Å². The van der Waals surface area contributed by atoms with Crippen LogP contribution in [0.5, 0.6) is 5.75 Å². The fourth-order valence-electron chi connectivity index (χ4n) is 4.14. The Bertz CT molecular complexity index is 1720. The zero-order valence-electron chi connectivity index (χ0n) is 20.8. The predicted molar refractivity (Wildman–Crippen MR) is 145 cm³/mol. The highest BCUT2D eigenvalue weighted by Crippen LogP contribution is 2.31. The molecule has 0 saturated carbocycles. The Hall–Kier alpha value is -4.96. The third-order valence-electron chi connectivity index (χ3n) is 5.86. The first-order valence-electron chi connectivity index (χ1n) is 12.0. The standard InChI is InChI=1S/C30H25N5O2/c1-19(2)37-27-14-13-21(15-20(27)3)28-23(18-35(34-28)24-9-5-4-6-10-24)16-22(17-31)29-32-26-12-8-7-11-25(26)30(36)33-29/h4-16,18-19H,1-3H3,(H,32,33,36). The van der Waals surface area contributed by atoms with Crippen molar-refractivity contribution in [3.05, 3.63) is 106 Å². The number of para-hydroxylation sites is 2. The SMILES string of the molecule is Cc1cc(-c2nn(-c3ccccc3)cc2C=C(C#N)c2nc3ccccc3c(=O)[nH]2)ccc1OC(C)C. The van der Waals surface area contributed by atoms with Crippen LogP contribution in [0.3, 0.4) is 0 Å². The number of hydrogen-bond acceptors (Lipinski definition) is 5. The number of aryl methyl sites for hydroxylation is 1. The molecule has 0 aliphatic carbocycles. The Balaban J connectivity index is 1.66. The van der Waals surface area contributed by atoms with Crippen LogP contribution in [0.4, 0.5) is 0 Å². The average Bonchev–Trinajstić information content (AvgIpc) is 3.32. The van der Waals surface area contributed by atoms with E-state index in [1.807, 2.05) is 81.6 Å². The molecule has 7 nitrogen and oxygen atoms in total. The minimum absolute atomic E-state index is 0.0649. The second kappa shape index (κ2) is 9.96. The quantitative estimate of drug-likeness (QED) is 0.299. The van der Waals surface area contributed by atoms with Crippen LogP contribution in [-0.4, -0.2) is 25.9 Å². The highest BCUT2D eigenvalue weighted by atomic mass is 16.5. The molecule has 0 atom stereocenters. The highest BCUT2D eigenvalue weighted by Gasteiger charge is 2.16. The largest absolute Gasteiger partial charge is 0.491 e. The second-order valence-electron chi connectivity index (χ2n) is 8.96. The minimum atomic E-state index is -0.293. The second-order valence-corrected chi connectivity index (χ2v) is 8.96.